The van der Waals surface area contributed by atoms with Crippen molar-refractivity contribution in [2.75, 3.05) is 6.54 Å². The van der Waals surface area contributed by atoms with E-state index in [2.05, 4.69) is 0 Å². The molecule has 0 aliphatic heterocycles. The lowest BCUT2D eigenvalue weighted by Gasteiger charge is -2.27. The Kier molecular flexibility index (Phi) is 6.11. The summed E-state index contributed by atoms with van der Waals surface area (Å²) in [6.45, 7) is 1.84. The molecule has 0 bridgehead atoms. The second-order valence-electron chi connectivity index (χ2n) is 4.47. The van der Waals surface area contributed by atoms with Crippen molar-refractivity contribution in [2.45, 2.75) is 32.4 Å². The van der Waals surface area contributed by atoms with E-state index in [1.807, 2.05) is 0 Å². The molecule has 1 unspecified atom stereocenters. The van der Waals surface area contributed by atoms with Crippen LogP contribution in [0.3, 0.4) is 0 Å². The van der Waals surface area contributed by atoms with E-state index < -0.39 is 23.8 Å². The summed E-state index contributed by atoms with van der Waals surface area (Å²) in [6, 6.07) is 5.25. The van der Waals surface area contributed by atoms with E-state index in [1.54, 1.807) is 25.1 Å². The highest BCUT2D eigenvalue weighted by molar-refractivity contribution is 5.73. The van der Waals surface area contributed by atoms with E-state index >= 15 is 0 Å². The van der Waals surface area contributed by atoms with Gasteiger partial charge >= 0.3 is 11.9 Å². The molecule has 0 aromatic heterocycles. The van der Waals surface area contributed by atoms with Crippen LogP contribution in [0.4, 0.5) is 4.39 Å². The van der Waals surface area contributed by atoms with Crippen LogP contribution in [0.1, 0.15) is 25.3 Å². The molecule has 0 fully saturated rings. The lowest BCUT2D eigenvalue weighted by Crippen LogP contribution is -2.41. The standard InChI is InChI=1S/C14H18FNO4/c1-2-12(14(19)20)16(8-7-13(17)18)9-10-5-3-4-6-11(10)15/h3-6,12H,2,7-9H2,1H3,(H,17,18)(H,19,20). The Morgan fingerprint density at radius 1 is 1.30 bits per heavy atom. The molecule has 1 atom stereocenters. The Bertz CT molecular complexity index is 478. The molecule has 5 nitrogen and oxygen atoms in total. The number of carboxylic acids is 2. The molecule has 0 heterocycles. The zero-order valence-corrected chi connectivity index (χ0v) is 11.3. The highest BCUT2D eigenvalue weighted by atomic mass is 19.1. The third-order valence-electron chi connectivity index (χ3n) is 3.06. The Labute approximate surface area is 116 Å². The highest BCUT2D eigenvalue weighted by Crippen LogP contribution is 2.14. The van der Waals surface area contributed by atoms with Gasteiger partial charge in [-0.05, 0) is 12.5 Å². The first-order valence-corrected chi connectivity index (χ1v) is 6.37. The first-order valence-electron chi connectivity index (χ1n) is 6.37. The fourth-order valence-corrected chi connectivity index (χ4v) is 2.02. The van der Waals surface area contributed by atoms with E-state index in [0.717, 1.165) is 0 Å². The highest BCUT2D eigenvalue weighted by Gasteiger charge is 2.25. The fraction of sp³-hybridized carbons (Fsp3) is 0.429. The van der Waals surface area contributed by atoms with E-state index in [1.165, 1.54) is 11.0 Å². The van der Waals surface area contributed by atoms with E-state index in [0.29, 0.717) is 12.0 Å². The number of hydrogen-bond acceptors (Lipinski definition) is 3. The van der Waals surface area contributed by atoms with E-state index in [-0.39, 0.29) is 19.5 Å². The first kappa shape index (κ1) is 16.1. The van der Waals surface area contributed by atoms with Gasteiger partial charge in [0.05, 0.1) is 6.42 Å². The minimum Gasteiger partial charge on any atom is -0.481 e. The van der Waals surface area contributed by atoms with Gasteiger partial charge in [-0.15, -0.1) is 0 Å². The second-order valence-corrected chi connectivity index (χ2v) is 4.47. The number of rotatable bonds is 8. The Hall–Kier alpha value is -1.95. The van der Waals surface area contributed by atoms with E-state index in [4.69, 9.17) is 5.11 Å². The van der Waals surface area contributed by atoms with Gasteiger partial charge in [-0.25, -0.2) is 4.39 Å². The largest absolute Gasteiger partial charge is 0.481 e. The lowest BCUT2D eigenvalue weighted by atomic mass is 10.1. The van der Waals surface area contributed by atoms with Gasteiger partial charge < -0.3 is 10.2 Å². The molecule has 0 amide bonds. The summed E-state index contributed by atoms with van der Waals surface area (Å²) in [5, 5.41) is 17.9. The summed E-state index contributed by atoms with van der Waals surface area (Å²) in [5.41, 5.74) is 0.359. The van der Waals surface area contributed by atoms with Crippen molar-refractivity contribution in [3.05, 3.63) is 35.6 Å². The normalized spacial score (nSPS) is 12.3. The summed E-state index contributed by atoms with van der Waals surface area (Å²) in [5.74, 6) is -2.47. The summed E-state index contributed by atoms with van der Waals surface area (Å²) in [6.07, 6.45) is 0.141. The van der Waals surface area contributed by atoms with Crippen LogP contribution in [0, 0.1) is 5.82 Å². The molecule has 1 aromatic carbocycles. The van der Waals surface area contributed by atoms with Gasteiger partial charge in [0.2, 0.25) is 0 Å². The van der Waals surface area contributed by atoms with Crippen molar-refractivity contribution in [1.29, 1.82) is 0 Å². The quantitative estimate of drug-likeness (QED) is 0.762. The predicted molar refractivity (Wildman–Crippen MR) is 70.8 cm³/mol. The van der Waals surface area contributed by atoms with Crippen LogP contribution in [0.2, 0.25) is 0 Å². The molecule has 0 saturated carbocycles. The zero-order chi connectivity index (χ0) is 15.1. The molecular formula is C14H18FNO4. The van der Waals surface area contributed by atoms with Crippen LogP contribution in [0.15, 0.2) is 24.3 Å². The molecule has 110 valence electrons. The van der Waals surface area contributed by atoms with Crippen molar-refractivity contribution in [2.24, 2.45) is 0 Å². The Morgan fingerprint density at radius 3 is 2.45 bits per heavy atom. The van der Waals surface area contributed by atoms with Crippen LogP contribution < -0.4 is 0 Å². The fourth-order valence-electron chi connectivity index (χ4n) is 2.02. The monoisotopic (exact) mass is 283 g/mol. The molecule has 0 aliphatic carbocycles. The van der Waals surface area contributed by atoms with Crippen LogP contribution in [-0.4, -0.2) is 39.6 Å². The summed E-state index contributed by atoms with van der Waals surface area (Å²) in [4.78, 5) is 23.3. The molecule has 1 aromatic rings. The van der Waals surface area contributed by atoms with Gasteiger partial charge in [-0.2, -0.15) is 0 Å². The maximum atomic E-state index is 13.6. The van der Waals surface area contributed by atoms with Gasteiger partial charge in [-0.3, -0.25) is 14.5 Å². The smallest absolute Gasteiger partial charge is 0.320 e. The molecule has 0 aliphatic rings. The van der Waals surface area contributed by atoms with Crippen molar-refractivity contribution in [1.82, 2.24) is 4.90 Å². The topological polar surface area (TPSA) is 77.8 Å². The molecule has 6 heteroatoms. The van der Waals surface area contributed by atoms with Crippen molar-refractivity contribution in [3.8, 4) is 0 Å². The van der Waals surface area contributed by atoms with Crippen molar-refractivity contribution >= 4 is 11.9 Å². The molecule has 2 N–H and O–H groups in total. The molecule has 0 spiro atoms. The van der Waals surface area contributed by atoms with Gasteiger partial charge in [0.25, 0.3) is 0 Å². The summed E-state index contributed by atoms with van der Waals surface area (Å²) >= 11 is 0. The lowest BCUT2D eigenvalue weighted by molar-refractivity contribution is -0.145. The van der Waals surface area contributed by atoms with Crippen molar-refractivity contribution in [3.63, 3.8) is 0 Å². The SMILES string of the molecule is CCC(C(=O)O)N(CCC(=O)O)Cc1ccccc1F. The van der Waals surface area contributed by atoms with Gasteiger partial charge in [0, 0.05) is 18.7 Å². The number of nitrogens with zero attached hydrogens (tertiary/aromatic N) is 1. The van der Waals surface area contributed by atoms with E-state index in [9.17, 15) is 19.1 Å². The zero-order valence-electron chi connectivity index (χ0n) is 11.3. The maximum absolute atomic E-state index is 13.6. The number of aliphatic carboxylic acids is 2. The molecule has 20 heavy (non-hydrogen) atoms. The minimum atomic E-state index is -1.03. The van der Waals surface area contributed by atoms with Gasteiger partial charge in [0.15, 0.2) is 0 Å². The van der Waals surface area contributed by atoms with Crippen LogP contribution >= 0.6 is 0 Å². The van der Waals surface area contributed by atoms with Crippen LogP contribution in [-0.2, 0) is 16.1 Å². The first-order chi connectivity index (χ1) is 9.45. The molecule has 0 radical (unpaired) electrons. The maximum Gasteiger partial charge on any atom is 0.320 e. The van der Waals surface area contributed by atoms with Gasteiger partial charge in [0.1, 0.15) is 11.9 Å². The number of carboxylic acid groups (broad SMARTS) is 2. The van der Waals surface area contributed by atoms with Gasteiger partial charge in [-0.1, -0.05) is 25.1 Å². The third-order valence-corrected chi connectivity index (χ3v) is 3.06. The number of carbonyl (C=O) groups is 2. The predicted octanol–water partition coefficient (Wildman–Crippen LogP) is 1.97. The molecule has 1 rings (SSSR count). The van der Waals surface area contributed by atoms with Crippen molar-refractivity contribution < 1.29 is 24.2 Å². The molecular weight excluding hydrogens is 265 g/mol. The van der Waals surface area contributed by atoms with Crippen LogP contribution in [0.5, 0.6) is 0 Å². The molecule has 0 saturated heterocycles. The summed E-state index contributed by atoms with van der Waals surface area (Å²) in [7, 11) is 0. The summed E-state index contributed by atoms with van der Waals surface area (Å²) < 4.78 is 13.6. The van der Waals surface area contributed by atoms with Crippen LogP contribution in [0.25, 0.3) is 0 Å². The average Bonchev–Trinajstić information content (AvgIpc) is 2.38. The Morgan fingerprint density at radius 2 is 1.95 bits per heavy atom. The minimum absolute atomic E-state index is 0.0640. The number of hydrogen-bond donors (Lipinski definition) is 2. The average molecular weight is 283 g/mol. The Balaban J connectivity index is 2.89. The number of benzene rings is 1. The second kappa shape index (κ2) is 7.59. The third kappa shape index (κ3) is 4.62. The number of halogens is 1.